The van der Waals surface area contributed by atoms with E-state index in [0.29, 0.717) is 0 Å². The summed E-state index contributed by atoms with van der Waals surface area (Å²) in [5, 5.41) is 3.37. The molecule has 0 bridgehead atoms. The molecule has 0 amide bonds. The molecule has 1 aromatic heterocycles. The number of aryl methyl sites for hydroxylation is 1. The quantitative estimate of drug-likeness (QED) is 0.872. The third-order valence-electron chi connectivity index (χ3n) is 3.90. The second-order valence-electron chi connectivity index (χ2n) is 5.99. The van der Waals surface area contributed by atoms with E-state index in [2.05, 4.69) is 43.0 Å². The zero-order chi connectivity index (χ0) is 15.5. The molecule has 1 unspecified atom stereocenters. The Morgan fingerprint density at radius 3 is 2.91 bits per heavy atom. The Bertz CT molecular complexity index is 659. The number of nitrogens with one attached hydrogen (secondary N) is 1. The smallest absolute Gasteiger partial charge is 0.136 e. The third-order valence-corrected chi connectivity index (χ3v) is 4.40. The van der Waals surface area contributed by atoms with Gasteiger partial charge in [-0.25, -0.2) is 9.97 Å². The van der Waals surface area contributed by atoms with Crippen LogP contribution in [0.25, 0.3) is 0 Å². The van der Waals surface area contributed by atoms with E-state index in [1.807, 2.05) is 37.3 Å². The van der Waals surface area contributed by atoms with E-state index >= 15 is 0 Å². The number of hydrogen-bond acceptors (Lipinski definition) is 4. The van der Waals surface area contributed by atoms with Crippen LogP contribution in [0.3, 0.4) is 0 Å². The van der Waals surface area contributed by atoms with Crippen molar-refractivity contribution in [3.8, 4) is 0 Å². The van der Waals surface area contributed by atoms with Crippen LogP contribution < -0.4 is 10.2 Å². The van der Waals surface area contributed by atoms with Crippen LogP contribution in [0.4, 0.5) is 17.3 Å². The molecule has 1 aliphatic heterocycles. The summed E-state index contributed by atoms with van der Waals surface area (Å²) in [6.07, 6.45) is 2.54. The van der Waals surface area contributed by atoms with Crippen LogP contribution in [0.15, 0.2) is 34.8 Å². The van der Waals surface area contributed by atoms with E-state index in [9.17, 15) is 0 Å². The zero-order valence-electron chi connectivity index (χ0n) is 13.0. The Morgan fingerprint density at radius 2 is 2.14 bits per heavy atom. The van der Waals surface area contributed by atoms with Crippen LogP contribution in [0.5, 0.6) is 0 Å². The largest absolute Gasteiger partial charge is 0.356 e. The number of hydrogen-bond donors (Lipinski definition) is 1. The topological polar surface area (TPSA) is 41.1 Å². The van der Waals surface area contributed by atoms with Crippen LogP contribution >= 0.6 is 15.9 Å². The Balaban J connectivity index is 1.83. The van der Waals surface area contributed by atoms with E-state index in [-0.39, 0.29) is 0 Å². The van der Waals surface area contributed by atoms with Gasteiger partial charge in [-0.2, -0.15) is 0 Å². The van der Waals surface area contributed by atoms with Crippen molar-refractivity contribution in [3.63, 3.8) is 0 Å². The molecule has 0 spiro atoms. The fourth-order valence-corrected chi connectivity index (χ4v) is 3.29. The molecule has 1 atom stereocenters. The molecule has 5 heteroatoms. The first-order chi connectivity index (χ1) is 10.6. The highest BCUT2D eigenvalue weighted by molar-refractivity contribution is 9.10. The normalized spacial score (nSPS) is 18.3. The molecule has 2 heterocycles. The Hall–Kier alpha value is -1.62. The lowest BCUT2D eigenvalue weighted by Gasteiger charge is -2.32. The summed E-state index contributed by atoms with van der Waals surface area (Å²) in [6.45, 7) is 6.41. The number of halogens is 1. The minimum Gasteiger partial charge on any atom is -0.356 e. The van der Waals surface area contributed by atoms with Crippen molar-refractivity contribution >= 4 is 33.3 Å². The maximum absolute atomic E-state index is 4.62. The van der Waals surface area contributed by atoms with Gasteiger partial charge >= 0.3 is 0 Å². The van der Waals surface area contributed by atoms with Gasteiger partial charge in [-0.15, -0.1) is 0 Å². The van der Waals surface area contributed by atoms with Gasteiger partial charge in [0.25, 0.3) is 0 Å². The highest BCUT2D eigenvalue weighted by Gasteiger charge is 2.18. The summed E-state index contributed by atoms with van der Waals surface area (Å²) in [6, 6.07) is 10.1. The SMILES string of the molecule is Cc1nc(Nc2cccc(Br)c2)cc(N2CCCC(C)C2)n1. The Morgan fingerprint density at radius 1 is 1.27 bits per heavy atom. The second kappa shape index (κ2) is 6.65. The molecule has 22 heavy (non-hydrogen) atoms. The summed E-state index contributed by atoms with van der Waals surface area (Å²) in [5.74, 6) is 3.40. The van der Waals surface area contributed by atoms with Crippen molar-refractivity contribution < 1.29 is 0 Å². The molecule has 0 radical (unpaired) electrons. The van der Waals surface area contributed by atoms with Gasteiger partial charge in [0.15, 0.2) is 0 Å². The fourth-order valence-electron chi connectivity index (χ4n) is 2.89. The Kier molecular flexibility index (Phi) is 4.62. The minimum atomic E-state index is 0.727. The molecule has 1 N–H and O–H groups in total. The predicted octanol–water partition coefficient (Wildman–Crippen LogP) is 4.53. The highest BCUT2D eigenvalue weighted by Crippen LogP contribution is 2.25. The third kappa shape index (κ3) is 3.77. The molecule has 2 aromatic rings. The molecule has 3 rings (SSSR count). The van der Waals surface area contributed by atoms with Crippen LogP contribution in [0.1, 0.15) is 25.6 Å². The minimum absolute atomic E-state index is 0.727. The van der Waals surface area contributed by atoms with Gasteiger partial charge in [-0.05, 0) is 43.9 Å². The number of anilines is 3. The summed E-state index contributed by atoms with van der Waals surface area (Å²) in [4.78, 5) is 11.5. The predicted molar refractivity (Wildman–Crippen MR) is 94.8 cm³/mol. The molecular formula is C17H21BrN4. The molecule has 1 aliphatic rings. The first kappa shape index (κ1) is 15.3. The standard InChI is InChI=1S/C17H21BrN4/c1-12-5-4-8-22(11-12)17-10-16(19-13(2)20-17)21-15-7-3-6-14(18)9-15/h3,6-7,9-10,12H,4-5,8,11H2,1-2H3,(H,19,20,21). The molecule has 4 nitrogen and oxygen atoms in total. The van der Waals surface area contributed by atoms with E-state index in [1.165, 1.54) is 12.8 Å². The van der Waals surface area contributed by atoms with Gasteiger partial charge in [0, 0.05) is 29.3 Å². The summed E-state index contributed by atoms with van der Waals surface area (Å²) in [5.41, 5.74) is 1.02. The Labute approximate surface area is 140 Å². The summed E-state index contributed by atoms with van der Waals surface area (Å²) >= 11 is 3.49. The molecule has 116 valence electrons. The van der Waals surface area contributed by atoms with Gasteiger partial charge in [-0.1, -0.05) is 28.9 Å². The number of rotatable bonds is 3. The van der Waals surface area contributed by atoms with Crippen molar-refractivity contribution in [2.24, 2.45) is 5.92 Å². The van der Waals surface area contributed by atoms with Crippen molar-refractivity contribution in [1.82, 2.24) is 9.97 Å². The van der Waals surface area contributed by atoms with Gasteiger partial charge in [0.2, 0.25) is 0 Å². The summed E-state index contributed by atoms with van der Waals surface area (Å²) in [7, 11) is 0. The van der Waals surface area contributed by atoms with E-state index in [0.717, 1.165) is 46.6 Å². The number of nitrogens with zero attached hydrogens (tertiary/aromatic N) is 3. The molecule has 1 aromatic carbocycles. The van der Waals surface area contributed by atoms with Crippen LogP contribution in [0, 0.1) is 12.8 Å². The molecular weight excluding hydrogens is 340 g/mol. The van der Waals surface area contributed by atoms with Gasteiger partial charge in [0.05, 0.1) is 0 Å². The zero-order valence-corrected chi connectivity index (χ0v) is 14.6. The lowest BCUT2D eigenvalue weighted by Crippen LogP contribution is -2.35. The first-order valence-corrected chi connectivity index (χ1v) is 8.53. The van der Waals surface area contributed by atoms with Crippen LogP contribution in [0.2, 0.25) is 0 Å². The van der Waals surface area contributed by atoms with Crippen molar-refractivity contribution in [2.45, 2.75) is 26.7 Å². The average Bonchev–Trinajstić information content (AvgIpc) is 2.46. The van der Waals surface area contributed by atoms with Crippen molar-refractivity contribution in [1.29, 1.82) is 0 Å². The fraction of sp³-hybridized carbons (Fsp3) is 0.412. The average molecular weight is 361 g/mol. The van der Waals surface area contributed by atoms with Crippen LogP contribution in [-0.4, -0.2) is 23.1 Å². The molecule has 0 aliphatic carbocycles. The lowest BCUT2D eigenvalue weighted by molar-refractivity contribution is 0.444. The van der Waals surface area contributed by atoms with E-state index in [1.54, 1.807) is 0 Å². The van der Waals surface area contributed by atoms with Crippen molar-refractivity contribution in [2.75, 3.05) is 23.3 Å². The van der Waals surface area contributed by atoms with E-state index < -0.39 is 0 Å². The second-order valence-corrected chi connectivity index (χ2v) is 6.90. The first-order valence-electron chi connectivity index (χ1n) is 7.73. The number of aromatic nitrogens is 2. The number of benzene rings is 1. The van der Waals surface area contributed by atoms with Crippen molar-refractivity contribution in [3.05, 3.63) is 40.6 Å². The molecule has 0 saturated carbocycles. The van der Waals surface area contributed by atoms with Gasteiger partial charge in [0.1, 0.15) is 17.5 Å². The number of piperidine rings is 1. The maximum Gasteiger partial charge on any atom is 0.136 e. The maximum atomic E-state index is 4.62. The monoisotopic (exact) mass is 360 g/mol. The lowest BCUT2D eigenvalue weighted by atomic mass is 10.0. The van der Waals surface area contributed by atoms with Gasteiger partial charge in [-0.3, -0.25) is 0 Å². The highest BCUT2D eigenvalue weighted by atomic mass is 79.9. The van der Waals surface area contributed by atoms with Crippen LogP contribution in [-0.2, 0) is 0 Å². The van der Waals surface area contributed by atoms with Gasteiger partial charge < -0.3 is 10.2 Å². The molecule has 1 saturated heterocycles. The summed E-state index contributed by atoms with van der Waals surface area (Å²) < 4.78 is 1.05. The molecule has 1 fully saturated rings. The van der Waals surface area contributed by atoms with E-state index in [4.69, 9.17) is 0 Å².